The first-order chi connectivity index (χ1) is 9.11. The second kappa shape index (κ2) is 6.53. The van der Waals surface area contributed by atoms with Crippen LogP contribution in [0.2, 0.25) is 5.02 Å². The van der Waals surface area contributed by atoms with Gasteiger partial charge in [-0.25, -0.2) is 0 Å². The topological polar surface area (TPSA) is 46.2 Å². The summed E-state index contributed by atoms with van der Waals surface area (Å²) in [7, 11) is 0. The van der Waals surface area contributed by atoms with Crippen LogP contribution in [0.25, 0.3) is 0 Å². The number of hydrogen-bond donors (Lipinski definition) is 2. The predicted molar refractivity (Wildman–Crippen MR) is 82.3 cm³/mol. The van der Waals surface area contributed by atoms with E-state index in [-0.39, 0.29) is 5.92 Å². The molecule has 0 heterocycles. The van der Waals surface area contributed by atoms with E-state index in [1.807, 2.05) is 36.4 Å². The smallest absolute Gasteiger partial charge is 0.0870 e. The zero-order chi connectivity index (χ0) is 13.8. The van der Waals surface area contributed by atoms with Crippen molar-refractivity contribution >= 4 is 27.5 Å². The first-order valence-corrected chi connectivity index (χ1v) is 7.18. The number of hydrogen-bond acceptors (Lipinski definition) is 2. The lowest BCUT2D eigenvalue weighted by molar-refractivity contribution is 0.147. The highest BCUT2D eigenvalue weighted by molar-refractivity contribution is 9.10. The maximum Gasteiger partial charge on any atom is 0.0870 e. The van der Waals surface area contributed by atoms with E-state index in [2.05, 4.69) is 15.9 Å². The van der Waals surface area contributed by atoms with Crippen LogP contribution in [-0.2, 0) is 0 Å². The van der Waals surface area contributed by atoms with E-state index in [4.69, 9.17) is 17.3 Å². The van der Waals surface area contributed by atoms with Gasteiger partial charge in [0.15, 0.2) is 0 Å². The van der Waals surface area contributed by atoms with Gasteiger partial charge in [-0.05, 0) is 35.4 Å². The van der Waals surface area contributed by atoms with Crippen molar-refractivity contribution in [3.63, 3.8) is 0 Å². The first kappa shape index (κ1) is 14.5. The molecule has 0 aliphatic heterocycles. The summed E-state index contributed by atoms with van der Waals surface area (Å²) in [4.78, 5) is 0. The fourth-order valence-electron chi connectivity index (χ4n) is 2.08. The van der Waals surface area contributed by atoms with Crippen LogP contribution < -0.4 is 5.73 Å². The van der Waals surface area contributed by atoms with Gasteiger partial charge in [0.25, 0.3) is 0 Å². The molecule has 100 valence electrons. The van der Waals surface area contributed by atoms with Crippen molar-refractivity contribution in [3.05, 3.63) is 69.2 Å². The summed E-state index contributed by atoms with van der Waals surface area (Å²) in [6, 6.07) is 15.0. The van der Waals surface area contributed by atoms with Crippen LogP contribution in [0.3, 0.4) is 0 Å². The van der Waals surface area contributed by atoms with Gasteiger partial charge in [0.1, 0.15) is 0 Å². The van der Waals surface area contributed by atoms with Crippen molar-refractivity contribution in [2.24, 2.45) is 5.73 Å². The molecule has 2 rings (SSSR count). The van der Waals surface area contributed by atoms with Crippen molar-refractivity contribution < 1.29 is 5.11 Å². The van der Waals surface area contributed by atoms with E-state index in [1.165, 1.54) is 0 Å². The third-order valence-corrected chi connectivity index (χ3v) is 3.87. The van der Waals surface area contributed by atoms with Crippen LogP contribution in [0.15, 0.2) is 53.0 Å². The molecule has 0 saturated carbocycles. The molecule has 2 aromatic rings. The summed E-state index contributed by atoms with van der Waals surface area (Å²) < 4.78 is 0.978. The zero-order valence-corrected chi connectivity index (χ0v) is 12.6. The summed E-state index contributed by atoms with van der Waals surface area (Å²) >= 11 is 9.29. The second-order valence-corrected chi connectivity index (χ2v) is 5.75. The Bertz CT molecular complexity index is 544. The number of nitrogens with two attached hydrogens (primary N) is 1. The molecule has 0 spiro atoms. The molecule has 0 fully saturated rings. The molecular formula is C15H15BrClNO. The van der Waals surface area contributed by atoms with E-state index >= 15 is 0 Å². The Balaban J connectivity index is 2.28. The molecule has 0 aliphatic rings. The average molecular weight is 341 g/mol. The largest absolute Gasteiger partial charge is 0.388 e. The number of rotatable bonds is 4. The Morgan fingerprint density at radius 1 is 1.11 bits per heavy atom. The van der Waals surface area contributed by atoms with Gasteiger partial charge in [0.05, 0.1) is 6.10 Å². The Labute approximate surface area is 126 Å². The lowest BCUT2D eigenvalue weighted by Crippen LogP contribution is -2.20. The highest BCUT2D eigenvalue weighted by atomic mass is 79.9. The zero-order valence-electron chi connectivity index (χ0n) is 10.3. The Kier molecular flexibility index (Phi) is 4.99. The lowest BCUT2D eigenvalue weighted by atomic mass is 9.89. The molecule has 0 aromatic heterocycles. The molecule has 0 aliphatic carbocycles. The standard InChI is InChI=1S/C15H15BrClNO/c16-12-3-1-2-11(8-12)14(9-18)15(19)10-4-6-13(17)7-5-10/h1-8,14-15,19H,9,18H2. The maximum atomic E-state index is 10.5. The van der Waals surface area contributed by atoms with Gasteiger partial charge in [-0.3, -0.25) is 0 Å². The third kappa shape index (κ3) is 3.57. The van der Waals surface area contributed by atoms with Gasteiger partial charge in [-0.2, -0.15) is 0 Å². The van der Waals surface area contributed by atoms with E-state index in [9.17, 15) is 5.11 Å². The summed E-state index contributed by atoms with van der Waals surface area (Å²) in [5.41, 5.74) is 7.65. The first-order valence-electron chi connectivity index (χ1n) is 6.01. The average Bonchev–Trinajstić information content (AvgIpc) is 2.40. The van der Waals surface area contributed by atoms with Gasteiger partial charge in [0.2, 0.25) is 0 Å². The number of benzene rings is 2. The van der Waals surface area contributed by atoms with Crippen molar-refractivity contribution in [1.29, 1.82) is 0 Å². The number of halogens is 2. The second-order valence-electron chi connectivity index (χ2n) is 4.39. The third-order valence-electron chi connectivity index (χ3n) is 3.12. The quantitative estimate of drug-likeness (QED) is 0.887. The molecule has 19 heavy (non-hydrogen) atoms. The van der Waals surface area contributed by atoms with Crippen LogP contribution in [0.1, 0.15) is 23.1 Å². The molecular weight excluding hydrogens is 326 g/mol. The van der Waals surface area contributed by atoms with Crippen LogP contribution in [-0.4, -0.2) is 11.7 Å². The molecule has 3 N–H and O–H groups in total. The van der Waals surface area contributed by atoms with Crippen molar-refractivity contribution in [3.8, 4) is 0 Å². The molecule has 2 unspecified atom stereocenters. The molecule has 4 heteroatoms. The van der Waals surface area contributed by atoms with Gasteiger partial charge in [0, 0.05) is 22.0 Å². The Hall–Kier alpha value is -0.870. The Morgan fingerprint density at radius 3 is 2.37 bits per heavy atom. The normalized spacial score (nSPS) is 14.1. The van der Waals surface area contributed by atoms with Crippen molar-refractivity contribution in [2.75, 3.05) is 6.54 Å². The number of aliphatic hydroxyl groups excluding tert-OH is 1. The highest BCUT2D eigenvalue weighted by Crippen LogP contribution is 2.31. The molecule has 0 bridgehead atoms. The van der Waals surface area contributed by atoms with Gasteiger partial charge in [-0.15, -0.1) is 0 Å². The van der Waals surface area contributed by atoms with E-state index in [0.29, 0.717) is 11.6 Å². The molecule has 2 nitrogen and oxygen atoms in total. The summed E-state index contributed by atoms with van der Waals surface area (Å²) in [6.45, 7) is 0.375. The van der Waals surface area contributed by atoms with Crippen LogP contribution in [0, 0.1) is 0 Å². The van der Waals surface area contributed by atoms with Crippen molar-refractivity contribution in [1.82, 2.24) is 0 Å². The summed E-state index contributed by atoms with van der Waals surface area (Å²) in [5, 5.41) is 11.1. The van der Waals surface area contributed by atoms with Crippen LogP contribution >= 0.6 is 27.5 Å². The minimum atomic E-state index is -0.642. The van der Waals surface area contributed by atoms with Gasteiger partial charge >= 0.3 is 0 Å². The minimum Gasteiger partial charge on any atom is -0.388 e. The molecule has 0 radical (unpaired) electrons. The lowest BCUT2D eigenvalue weighted by Gasteiger charge is -2.22. The minimum absolute atomic E-state index is 0.140. The summed E-state index contributed by atoms with van der Waals surface area (Å²) in [6.07, 6.45) is -0.642. The van der Waals surface area contributed by atoms with E-state index < -0.39 is 6.10 Å². The SMILES string of the molecule is NCC(c1cccc(Br)c1)C(O)c1ccc(Cl)cc1. The van der Waals surface area contributed by atoms with Crippen molar-refractivity contribution in [2.45, 2.75) is 12.0 Å². The van der Waals surface area contributed by atoms with Crippen LogP contribution in [0.4, 0.5) is 0 Å². The van der Waals surface area contributed by atoms with Gasteiger partial charge < -0.3 is 10.8 Å². The summed E-state index contributed by atoms with van der Waals surface area (Å²) in [5.74, 6) is -0.140. The molecule has 0 saturated heterocycles. The maximum absolute atomic E-state index is 10.5. The molecule has 2 aromatic carbocycles. The number of aliphatic hydroxyl groups is 1. The predicted octanol–water partition coefficient (Wildman–Crippen LogP) is 3.88. The molecule has 0 amide bonds. The monoisotopic (exact) mass is 339 g/mol. The molecule has 2 atom stereocenters. The van der Waals surface area contributed by atoms with Crippen LogP contribution in [0.5, 0.6) is 0 Å². The Morgan fingerprint density at radius 2 is 1.79 bits per heavy atom. The fourth-order valence-corrected chi connectivity index (χ4v) is 2.62. The highest BCUT2D eigenvalue weighted by Gasteiger charge is 2.21. The van der Waals surface area contributed by atoms with E-state index in [0.717, 1.165) is 15.6 Å². The van der Waals surface area contributed by atoms with Gasteiger partial charge in [-0.1, -0.05) is 51.8 Å². The fraction of sp³-hybridized carbons (Fsp3) is 0.200. The van der Waals surface area contributed by atoms with E-state index in [1.54, 1.807) is 12.1 Å².